The Hall–Kier alpha value is -2.84. The minimum atomic E-state index is -4.50. The number of benzene rings is 1. The van der Waals surface area contributed by atoms with Gasteiger partial charge in [0.05, 0.1) is 5.56 Å². The van der Waals surface area contributed by atoms with Crippen LogP contribution >= 0.6 is 0 Å². The van der Waals surface area contributed by atoms with Crippen molar-refractivity contribution in [2.45, 2.75) is 26.1 Å². The molecule has 0 spiro atoms. The lowest BCUT2D eigenvalue weighted by Crippen LogP contribution is -2.45. The van der Waals surface area contributed by atoms with Crippen LogP contribution in [0.3, 0.4) is 0 Å². The fraction of sp³-hybridized carbons (Fsp3) is 0.312. The molecule has 0 unspecified atom stereocenters. The maximum absolute atomic E-state index is 12.6. The van der Waals surface area contributed by atoms with Crippen molar-refractivity contribution in [2.75, 3.05) is 0 Å². The number of halogens is 3. The van der Waals surface area contributed by atoms with Crippen LogP contribution in [0.2, 0.25) is 0 Å². The highest BCUT2D eigenvalue weighted by Crippen LogP contribution is 2.29. The van der Waals surface area contributed by atoms with E-state index in [0.29, 0.717) is 0 Å². The van der Waals surface area contributed by atoms with E-state index in [-0.39, 0.29) is 5.56 Å². The first-order valence-corrected chi connectivity index (χ1v) is 7.17. The van der Waals surface area contributed by atoms with Crippen molar-refractivity contribution in [3.8, 4) is 0 Å². The highest BCUT2D eigenvalue weighted by molar-refractivity contribution is 5.97. The maximum atomic E-state index is 12.6. The van der Waals surface area contributed by atoms with Gasteiger partial charge in [0, 0.05) is 6.08 Å². The zero-order chi connectivity index (χ0) is 19.2. The van der Waals surface area contributed by atoms with Gasteiger partial charge in [-0.25, -0.2) is 9.59 Å². The summed E-state index contributed by atoms with van der Waals surface area (Å²) in [6.07, 6.45) is -3.75. The van der Waals surface area contributed by atoms with Crippen LogP contribution in [0.15, 0.2) is 30.3 Å². The van der Waals surface area contributed by atoms with E-state index in [2.05, 4.69) is 0 Å². The summed E-state index contributed by atoms with van der Waals surface area (Å²) in [4.78, 5) is 34.2. The van der Waals surface area contributed by atoms with Crippen LogP contribution < -0.4 is 11.1 Å². The fourth-order valence-corrected chi connectivity index (χ4v) is 1.83. The minimum Gasteiger partial charge on any atom is -0.449 e. The molecule has 0 aromatic heterocycles. The number of primary amides is 1. The SMILES string of the molecule is CC(C)[C@@H](OC(=O)/C=C/c1cccc(C(F)(F)F)c1)C(=O)NC(N)=O. The van der Waals surface area contributed by atoms with Crippen molar-refractivity contribution in [1.82, 2.24) is 5.32 Å². The second-order valence-electron chi connectivity index (χ2n) is 5.41. The molecule has 0 aliphatic carbocycles. The number of ether oxygens (including phenoxy) is 1. The average molecular weight is 358 g/mol. The van der Waals surface area contributed by atoms with E-state index in [1.54, 1.807) is 19.2 Å². The third-order valence-corrected chi connectivity index (χ3v) is 2.98. The summed E-state index contributed by atoms with van der Waals surface area (Å²) in [5.74, 6) is -2.29. The molecule has 6 nitrogen and oxygen atoms in total. The molecule has 0 aliphatic rings. The van der Waals surface area contributed by atoms with Gasteiger partial charge < -0.3 is 10.5 Å². The highest BCUT2D eigenvalue weighted by atomic mass is 19.4. The smallest absolute Gasteiger partial charge is 0.416 e. The van der Waals surface area contributed by atoms with E-state index in [1.807, 2.05) is 0 Å². The number of rotatable bonds is 5. The highest BCUT2D eigenvalue weighted by Gasteiger charge is 2.30. The molecule has 0 aliphatic heterocycles. The molecule has 0 saturated carbocycles. The summed E-state index contributed by atoms with van der Waals surface area (Å²) in [6, 6.07) is 3.25. The van der Waals surface area contributed by atoms with Crippen LogP contribution in [-0.2, 0) is 20.5 Å². The number of carbonyl (C=O) groups excluding carboxylic acids is 3. The Kier molecular flexibility index (Phi) is 6.72. The molecule has 3 amide bonds. The first-order valence-electron chi connectivity index (χ1n) is 7.17. The molecular weight excluding hydrogens is 341 g/mol. The molecule has 0 fully saturated rings. The molecule has 9 heteroatoms. The first kappa shape index (κ1) is 20.2. The van der Waals surface area contributed by atoms with E-state index >= 15 is 0 Å². The number of hydrogen-bond acceptors (Lipinski definition) is 4. The number of esters is 1. The lowest BCUT2D eigenvalue weighted by molar-refractivity contribution is -0.153. The van der Waals surface area contributed by atoms with E-state index in [9.17, 15) is 27.6 Å². The molecule has 25 heavy (non-hydrogen) atoms. The number of nitrogens with one attached hydrogen (secondary N) is 1. The van der Waals surface area contributed by atoms with Crippen LogP contribution in [0.4, 0.5) is 18.0 Å². The molecule has 1 aromatic rings. The molecule has 1 rings (SSSR count). The molecule has 0 saturated heterocycles. The predicted octanol–water partition coefficient (Wildman–Crippen LogP) is 2.48. The number of carbonyl (C=O) groups is 3. The molecule has 136 valence electrons. The van der Waals surface area contributed by atoms with Crippen molar-refractivity contribution in [3.05, 3.63) is 41.5 Å². The quantitative estimate of drug-likeness (QED) is 0.624. The zero-order valence-corrected chi connectivity index (χ0v) is 13.5. The molecular formula is C16H17F3N2O4. The number of nitrogens with two attached hydrogens (primary N) is 1. The van der Waals surface area contributed by atoms with Gasteiger partial charge in [-0.3, -0.25) is 10.1 Å². The molecule has 3 N–H and O–H groups in total. The van der Waals surface area contributed by atoms with Gasteiger partial charge in [0.2, 0.25) is 0 Å². The van der Waals surface area contributed by atoms with E-state index in [0.717, 1.165) is 24.3 Å². The first-order chi connectivity index (χ1) is 11.5. The minimum absolute atomic E-state index is 0.134. The summed E-state index contributed by atoms with van der Waals surface area (Å²) in [6.45, 7) is 3.16. The Balaban J connectivity index is 2.82. The molecule has 0 radical (unpaired) electrons. The van der Waals surface area contributed by atoms with Crippen molar-refractivity contribution < 1.29 is 32.3 Å². The lowest BCUT2D eigenvalue weighted by atomic mass is 10.1. The summed E-state index contributed by atoms with van der Waals surface area (Å²) in [5.41, 5.74) is 4.11. The maximum Gasteiger partial charge on any atom is 0.416 e. The number of amides is 3. The van der Waals surface area contributed by atoms with Crippen LogP contribution in [0, 0.1) is 5.92 Å². The Morgan fingerprint density at radius 1 is 1.24 bits per heavy atom. The lowest BCUT2D eigenvalue weighted by Gasteiger charge is -2.18. The molecule has 0 bridgehead atoms. The van der Waals surface area contributed by atoms with Gasteiger partial charge in [0.1, 0.15) is 0 Å². The van der Waals surface area contributed by atoms with Gasteiger partial charge in [-0.1, -0.05) is 26.0 Å². The van der Waals surface area contributed by atoms with Crippen molar-refractivity contribution in [2.24, 2.45) is 11.7 Å². The van der Waals surface area contributed by atoms with Crippen LogP contribution in [0.1, 0.15) is 25.0 Å². The van der Waals surface area contributed by atoms with Crippen LogP contribution in [0.25, 0.3) is 6.08 Å². The van der Waals surface area contributed by atoms with Crippen molar-refractivity contribution in [3.63, 3.8) is 0 Å². The normalized spacial score (nSPS) is 12.9. The number of imide groups is 1. The molecule has 1 aromatic carbocycles. The number of hydrogen-bond donors (Lipinski definition) is 2. The van der Waals surface area contributed by atoms with Gasteiger partial charge in [-0.15, -0.1) is 0 Å². The number of urea groups is 1. The monoisotopic (exact) mass is 358 g/mol. The summed E-state index contributed by atoms with van der Waals surface area (Å²) < 4.78 is 42.8. The Morgan fingerprint density at radius 3 is 2.40 bits per heavy atom. The van der Waals surface area contributed by atoms with E-state index < -0.39 is 41.7 Å². The summed E-state index contributed by atoms with van der Waals surface area (Å²) >= 11 is 0. The largest absolute Gasteiger partial charge is 0.449 e. The Bertz CT molecular complexity index is 684. The third kappa shape index (κ3) is 6.66. The Morgan fingerprint density at radius 2 is 1.88 bits per heavy atom. The van der Waals surface area contributed by atoms with E-state index in [4.69, 9.17) is 10.5 Å². The third-order valence-electron chi connectivity index (χ3n) is 2.98. The van der Waals surface area contributed by atoms with Gasteiger partial charge in [0.15, 0.2) is 6.10 Å². The standard InChI is InChI=1S/C16H17F3N2O4/c1-9(2)13(14(23)21-15(20)24)25-12(22)7-6-10-4-3-5-11(8-10)16(17,18)19/h3-9,13H,1-2H3,(H3,20,21,23,24)/b7-6+/t13-/m1/s1. The predicted molar refractivity (Wildman–Crippen MR) is 82.9 cm³/mol. The average Bonchev–Trinajstić information content (AvgIpc) is 2.49. The van der Waals surface area contributed by atoms with Gasteiger partial charge >= 0.3 is 18.2 Å². The van der Waals surface area contributed by atoms with E-state index in [1.165, 1.54) is 12.1 Å². The summed E-state index contributed by atoms with van der Waals surface area (Å²) in [5, 5.41) is 1.80. The Labute approximate surface area is 141 Å². The van der Waals surface area contributed by atoms with Gasteiger partial charge in [-0.2, -0.15) is 13.2 Å². The van der Waals surface area contributed by atoms with Crippen molar-refractivity contribution >= 4 is 24.0 Å². The summed E-state index contributed by atoms with van der Waals surface area (Å²) in [7, 11) is 0. The topological polar surface area (TPSA) is 98.5 Å². The van der Waals surface area contributed by atoms with Gasteiger partial charge in [-0.05, 0) is 29.7 Å². The second kappa shape index (κ2) is 8.32. The van der Waals surface area contributed by atoms with Crippen LogP contribution in [-0.4, -0.2) is 24.0 Å². The van der Waals surface area contributed by atoms with Crippen LogP contribution in [0.5, 0.6) is 0 Å². The molecule has 1 atom stereocenters. The molecule has 0 heterocycles. The zero-order valence-electron chi connectivity index (χ0n) is 13.5. The second-order valence-corrected chi connectivity index (χ2v) is 5.41. The fourth-order valence-electron chi connectivity index (χ4n) is 1.83. The van der Waals surface area contributed by atoms with Gasteiger partial charge in [0.25, 0.3) is 5.91 Å². The number of alkyl halides is 3. The van der Waals surface area contributed by atoms with Crippen molar-refractivity contribution in [1.29, 1.82) is 0 Å².